The number of aromatic carboxylic acids is 1. The molecule has 0 bridgehead atoms. The zero-order valence-corrected chi connectivity index (χ0v) is 16.1. The lowest BCUT2D eigenvalue weighted by molar-refractivity contribution is 0.0697. The summed E-state index contributed by atoms with van der Waals surface area (Å²) in [5.41, 5.74) is 1.62. The topological polar surface area (TPSA) is 97.5 Å². The fourth-order valence-electron chi connectivity index (χ4n) is 2.62. The Morgan fingerprint density at radius 3 is 2.36 bits per heavy atom. The highest BCUT2D eigenvalue weighted by Gasteiger charge is 2.02. The monoisotopic (exact) mass is 385 g/mol. The first-order valence-electron chi connectivity index (χ1n) is 9.57. The molecule has 3 rings (SSSR count). The molecule has 150 valence electrons. The van der Waals surface area contributed by atoms with Crippen molar-refractivity contribution in [2.24, 2.45) is 0 Å². The first kappa shape index (κ1) is 21.2. The summed E-state index contributed by atoms with van der Waals surface area (Å²) in [6.45, 7) is 2.92. The van der Waals surface area contributed by atoms with Gasteiger partial charge in [-0.25, -0.2) is 4.79 Å². The van der Waals surface area contributed by atoms with E-state index in [1.54, 1.807) is 36.4 Å². The van der Waals surface area contributed by atoms with Crippen LogP contribution in [0.4, 0.5) is 0 Å². The maximum absolute atomic E-state index is 10.7. The smallest absolute Gasteiger partial charge is 0.335 e. The first-order valence-corrected chi connectivity index (χ1v) is 9.57. The summed E-state index contributed by atoms with van der Waals surface area (Å²) < 4.78 is 5.55. The van der Waals surface area contributed by atoms with Crippen molar-refractivity contribution in [3.05, 3.63) is 54.1 Å². The number of benzene rings is 2. The Bertz CT molecular complexity index is 846. The number of unbranched alkanes of at least 4 members (excludes halogenated alkanes) is 5. The average Bonchev–Trinajstić information content (AvgIpc) is 3.09. The molecule has 0 aliphatic rings. The molecule has 7 nitrogen and oxygen atoms in total. The van der Waals surface area contributed by atoms with Gasteiger partial charge in [0.05, 0.1) is 12.2 Å². The molecule has 0 amide bonds. The average molecular weight is 385 g/mol. The molecule has 0 fully saturated rings. The van der Waals surface area contributed by atoms with Crippen LogP contribution in [0.3, 0.4) is 0 Å². The van der Waals surface area contributed by atoms with Crippen molar-refractivity contribution in [2.75, 3.05) is 6.61 Å². The summed E-state index contributed by atoms with van der Waals surface area (Å²) >= 11 is 0. The number of aromatic nitrogens is 3. The number of carboxylic acid groups (broad SMARTS) is 1. The first-order chi connectivity index (χ1) is 13.6. The fourth-order valence-corrected chi connectivity index (χ4v) is 2.62. The van der Waals surface area contributed by atoms with E-state index in [0.29, 0.717) is 23.2 Å². The van der Waals surface area contributed by atoms with Crippen molar-refractivity contribution in [3.8, 4) is 5.75 Å². The maximum Gasteiger partial charge on any atom is 0.335 e. The van der Waals surface area contributed by atoms with Crippen molar-refractivity contribution < 1.29 is 19.8 Å². The molecule has 0 aliphatic heterocycles. The van der Waals surface area contributed by atoms with Crippen molar-refractivity contribution >= 4 is 17.0 Å². The van der Waals surface area contributed by atoms with Crippen molar-refractivity contribution in [3.63, 3.8) is 0 Å². The minimum absolute atomic E-state index is 0.293. The normalized spacial score (nSPS) is 10.3. The van der Waals surface area contributed by atoms with Crippen LogP contribution in [0.15, 0.2) is 48.5 Å². The van der Waals surface area contributed by atoms with Gasteiger partial charge in [-0.05, 0) is 48.0 Å². The molecule has 0 unspecified atom stereocenters. The Kier molecular flexibility index (Phi) is 8.78. The van der Waals surface area contributed by atoms with Crippen LogP contribution in [0, 0.1) is 0 Å². The van der Waals surface area contributed by atoms with Gasteiger partial charge in [0.25, 0.3) is 0 Å². The number of carboxylic acids is 1. The zero-order valence-electron chi connectivity index (χ0n) is 16.1. The SMILES string of the molecule is CCCCCCCCOc1ccc(C(=O)O)cc1.On1nnc2ccccc21. The predicted octanol–water partition coefficient (Wildman–Crippen LogP) is 4.79. The maximum atomic E-state index is 10.7. The fraction of sp³-hybridized carbons (Fsp3) is 0.381. The number of hydrogen-bond donors (Lipinski definition) is 2. The van der Waals surface area contributed by atoms with E-state index in [0.717, 1.165) is 17.0 Å². The van der Waals surface area contributed by atoms with Crippen molar-refractivity contribution in [1.82, 2.24) is 15.2 Å². The molecule has 0 saturated heterocycles. The molecule has 2 aromatic carbocycles. The van der Waals surface area contributed by atoms with Gasteiger partial charge in [-0.3, -0.25) is 0 Å². The van der Waals surface area contributed by atoms with Crippen LogP contribution < -0.4 is 4.74 Å². The molecule has 0 radical (unpaired) electrons. The lowest BCUT2D eigenvalue weighted by Crippen LogP contribution is -1.99. The number of nitrogens with zero attached hydrogens (tertiary/aromatic N) is 3. The largest absolute Gasteiger partial charge is 0.494 e. The van der Waals surface area contributed by atoms with E-state index in [9.17, 15) is 4.79 Å². The van der Waals surface area contributed by atoms with E-state index in [-0.39, 0.29) is 0 Å². The van der Waals surface area contributed by atoms with Crippen molar-refractivity contribution in [1.29, 1.82) is 0 Å². The van der Waals surface area contributed by atoms with Crippen LogP contribution in [0.5, 0.6) is 5.75 Å². The van der Waals surface area contributed by atoms with Gasteiger partial charge in [0.2, 0.25) is 0 Å². The highest BCUT2D eigenvalue weighted by atomic mass is 16.5. The lowest BCUT2D eigenvalue weighted by atomic mass is 10.1. The van der Waals surface area contributed by atoms with Crippen LogP contribution in [0.25, 0.3) is 11.0 Å². The van der Waals surface area contributed by atoms with Crippen LogP contribution in [0.2, 0.25) is 0 Å². The molecular weight excluding hydrogens is 358 g/mol. The number of hydrogen-bond acceptors (Lipinski definition) is 5. The quantitative estimate of drug-likeness (QED) is 0.406. The van der Waals surface area contributed by atoms with Gasteiger partial charge < -0.3 is 15.1 Å². The van der Waals surface area contributed by atoms with Crippen LogP contribution in [0.1, 0.15) is 55.8 Å². The molecule has 0 aliphatic carbocycles. The lowest BCUT2D eigenvalue weighted by Gasteiger charge is -2.06. The Hall–Kier alpha value is -3.09. The van der Waals surface area contributed by atoms with Gasteiger partial charge in [-0.1, -0.05) is 56.0 Å². The molecule has 0 saturated carbocycles. The summed E-state index contributed by atoms with van der Waals surface area (Å²) in [4.78, 5) is 11.4. The van der Waals surface area contributed by atoms with E-state index >= 15 is 0 Å². The minimum atomic E-state index is -0.905. The molecule has 7 heteroatoms. The summed E-state index contributed by atoms with van der Waals surface area (Å²) in [6, 6.07) is 13.7. The highest BCUT2D eigenvalue weighted by Crippen LogP contribution is 2.13. The third kappa shape index (κ3) is 6.90. The van der Waals surface area contributed by atoms with Gasteiger partial charge in [-0.2, -0.15) is 0 Å². The van der Waals surface area contributed by atoms with Gasteiger partial charge in [0.1, 0.15) is 16.8 Å². The third-order valence-electron chi connectivity index (χ3n) is 4.20. The number of carbonyl (C=O) groups is 1. The van der Waals surface area contributed by atoms with Gasteiger partial charge >= 0.3 is 5.97 Å². The molecular formula is C21H27N3O4. The second-order valence-electron chi connectivity index (χ2n) is 6.41. The standard InChI is InChI=1S/C15H22O3.C6H5N3O/c1-2-3-4-5-6-7-12-18-14-10-8-13(9-11-14)15(16)17;10-9-6-4-2-1-3-5(6)7-8-9/h8-11H,2-7,12H2,1H3,(H,16,17);1-4,10H. The van der Waals surface area contributed by atoms with Crippen LogP contribution in [-0.2, 0) is 0 Å². The molecule has 1 heterocycles. The number of para-hydroxylation sites is 1. The van der Waals surface area contributed by atoms with Crippen molar-refractivity contribution in [2.45, 2.75) is 45.4 Å². The molecule has 0 atom stereocenters. The molecule has 28 heavy (non-hydrogen) atoms. The summed E-state index contributed by atoms with van der Waals surface area (Å²) in [7, 11) is 0. The van der Waals surface area contributed by atoms with E-state index in [2.05, 4.69) is 17.2 Å². The Labute approximate surface area is 164 Å². The van der Waals surface area contributed by atoms with Crippen LogP contribution in [-0.4, -0.2) is 38.0 Å². The Morgan fingerprint density at radius 2 is 1.68 bits per heavy atom. The molecule has 3 aromatic rings. The summed E-state index contributed by atoms with van der Waals surface area (Å²) in [5, 5.41) is 24.8. The number of ether oxygens (including phenoxy) is 1. The number of rotatable bonds is 9. The second kappa shape index (κ2) is 11.6. The second-order valence-corrected chi connectivity index (χ2v) is 6.41. The van der Waals surface area contributed by atoms with E-state index in [1.807, 2.05) is 12.1 Å². The van der Waals surface area contributed by atoms with Gasteiger partial charge in [-0.15, -0.1) is 5.10 Å². The Morgan fingerprint density at radius 1 is 1.00 bits per heavy atom. The predicted molar refractivity (Wildman–Crippen MR) is 107 cm³/mol. The molecule has 1 aromatic heterocycles. The molecule has 2 N–H and O–H groups in total. The third-order valence-corrected chi connectivity index (χ3v) is 4.20. The van der Waals surface area contributed by atoms with Gasteiger partial charge in [0, 0.05) is 0 Å². The van der Waals surface area contributed by atoms with E-state index in [4.69, 9.17) is 15.1 Å². The minimum Gasteiger partial charge on any atom is -0.494 e. The van der Waals surface area contributed by atoms with Crippen LogP contribution >= 0.6 is 0 Å². The Balaban J connectivity index is 0.000000233. The molecule has 0 spiro atoms. The summed E-state index contributed by atoms with van der Waals surface area (Å²) in [5.74, 6) is -0.161. The zero-order chi connectivity index (χ0) is 20.2. The van der Waals surface area contributed by atoms with Gasteiger partial charge in [0.15, 0.2) is 0 Å². The summed E-state index contributed by atoms with van der Waals surface area (Å²) in [6.07, 6.45) is 7.43. The highest BCUT2D eigenvalue weighted by molar-refractivity contribution is 5.87. The van der Waals surface area contributed by atoms with E-state index in [1.165, 1.54) is 32.1 Å². The van der Waals surface area contributed by atoms with E-state index < -0.39 is 5.97 Å². The number of fused-ring (bicyclic) bond motifs is 1.